The van der Waals surface area contributed by atoms with Crippen molar-refractivity contribution in [1.29, 1.82) is 0 Å². The highest BCUT2D eigenvalue weighted by atomic mass is 32.1. The Morgan fingerprint density at radius 1 is 0.321 bits per heavy atom. The van der Waals surface area contributed by atoms with Crippen LogP contribution in [0.15, 0.2) is 188 Å². The third-order valence-electron chi connectivity index (χ3n) is 11.8. The minimum atomic E-state index is -0.443. The van der Waals surface area contributed by atoms with Gasteiger partial charge in [0.15, 0.2) is 17.5 Å². The summed E-state index contributed by atoms with van der Waals surface area (Å²) in [4.78, 5) is 15.7. The van der Waals surface area contributed by atoms with E-state index < -0.39 is 5.41 Å². The Morgan fingerprint density at radius 2 is 0.821 bits per heavy atom. The second kappa shape index (κ2) is 12.0. The Bertz CT molecular complexity index is 3150. The van der Waals surface area contributed by atoms with Gasteiger partial charge in [-0.25, -0.2) is 15.0 Å². The standard InChI is InChI=1S/C52H31N3S/c1-2-13-33(14-3-1)49-53-50(34-27-25-32(26-28-34)35-29-30-47-41(31-35)38-17-7-11-24-46(38)56-47)55-51(54-49)40-19-12-23-45-48(40)39-18-6-10-22-44(39)52(45)42-20-8-4-15-36(42)37-16-5-9-21-43(37)52/h1-31H. The highest BCUT2D eigenvalue weighted by Crippen LogP contribution is 2.63. The number of fused-ring (bicyclic) bond motifs is 13. The van der Waals surface area contributed by atoms with Crippen LogP contribution in [-0.2, 0) is 5.41 Å². The summed E-state index contributed by atoms with van der Waals surface area (Å²) >= 11 is 1.84. The summed E-state index contributed by atoms with van der Waals surface area (Å²) in [5, 5.41) is 2.60. The van der Waals surface area contributed by atoms with Gasteiger partial charge in [0.25, 0.3) is 0 Å². The molecule has 0 bridgehead atoms. The summed E-state index contributed by atoms with van der Waals surface area (Å²) in [7, 11) is 0. The van der Waals surface area contributed by atoms with E-state index in [1.807, 2.05) is 29.5 Å². The molecule has 0 saturated carbocycles. The zero-order valence-corrected chi connectivity index (χ0v) is 31.0. The van der Waals surface area contributed by atoms with E-state index in [1.54, 1.807) is 0 Å². The fraction of sp³-hybridized carbons (Fsp3) is 0.0192. The molecule has 2 aliphatic carbocycles. The van der Waals surface area contributed by atoms with Gasteiger partial charge in [-0.3, -0.25) is 0 Å². The monoisotopic (exact) mass is 729 g/mol. The molecule has 0 saturated heterocycles. The fourth-order valence-corrected chi connectivity index (χ4v) is 10.5. The Morgan fingerprint density at radius 3 is 1.55 bits per heavy atom. The molecule has 4 heteroatoms. The average molecular weight is 730 g/mol. The van der Waals surface area contributed by atoms with Crippen molar-refractivity contribution in [3.63, 3.8) is 0 Å². The molecular weight excluding hydrogens is 699 g/mol. The first-order chi connectivity index (χ1) is 27.8. The fourth-order valence-electron chi connectivity index (χ4n) is 9.39. The van der Waals surface area contributed by atoms with E-state index in [2.05, 4.69) is 170 Å². The van der Waals surface area contributed by atoms with Crippen molar-refractivity contribution in [1.82, 2.24) is 15.0 Å². The summed E-state index contributed by atoms with van der Waals surface area (Å²) in [6.45, 7) is 0. The molecule has 2 heterocycles. The molecule has 3 nitrogen and oxygen atoms in total. The van der Waals surface area contributed by atoms with E-state index in [1.165, 1.54) is 70.2 Å². The number of hydrogen-bond acceptors (Lipinski definition) is 4. The maximum absolute atomic E-state index is 5.30. The van der Waals surface area contributed by atoms with E-state index in [4.69, 9.17) is 15.0 Å². The van der Waals surface area contributed by atoms with E-state index in [9.17, 15) is 0 Å². The molecule has 2 aromatic heterocycles. The van der Waals surface area contributed by atoms with Crippen molar-refractivity contribution in [3.8, 4) is 67.5 Å². The summed E-state index contributed by atoms with van der Waals surface area (Å²) in [6, 6.07) is 67.8. The van der Waals surface area contributed by atoms with Crippen LogP contribution in [0.1, 0.15) is 22.3 Å². The van der Waals surface area contributed by atoms with Crippen molar-refractivity contribution in [2.45, 2.75) is 5.41 Å². The summed E-state index contributed by atoms with van der Waals surface area (Å²) < 4.78 is 2.62. The van der Waals surface area contributed by atoms with E-state index in [0.29, 0.717) is 17.5 Å². The second-order valence-corrected chi connectivity index (χ2v) is 15.8. The number of rotatable bonds is 4. The number of thiophene rings is 1. The molecule has 0 N–H and O–H groups in total. The van der Waals surface area contributed by atoms with Crippen molar-refractivity contribution in [2.24, 2.45) is 0 Å². The van der Waals surface area contributed by atoms with E-state index in [0.717, 1.165) is 22.3 Å². The van der Waals surface area contributed by atoms with Crippen LogP contribution in [-0.4, -0.2) is 15.0 Å². The van der Waals surface area contributed by atoms with Gasteiger partial charge in [-0.2, -0.15) is 0 Å². The minimum Gasteiger partial charge on any atom is -0.208 e. The quantitative estimate of drug-likeness (QED) is 0.181. The van der Waals surface area contributed by atoms with Gasteiger partial charge in [-0.05, 0) is 73.8 Å². The van der Waals surface area contributed by atoms with Gasteiger partial charge >= 0.3 is 0 Å². The zero-order valence-electron chi connectivity index (χ0n) is 30.1. The third kappa shape index (κ3) is 4.42. The lowest BCUT2D eigenvalue weighted by Gasteiger charge is -2.30. The molecule has 1 spiro atoms. The Kier molecular flexibility index (Phi) is 6.72. The van der Waals surface area contributed by atoms with Crippen LogP contribution < -0.4 is 0 Å². The topological polar surface area (TPSA) is 38.7 Å². The number of aromatic nitrogens is 3. The molecule has 56 heavy (non-hydrogen) atoms. The lowest BCUT2D eigenvalue weighted by molar-refractivity contribution is 0.794. The van der Waals surface area contributed by atoms with Gasteiger partial charge in [0, 0.05) is 36.9 Å². The van der Waals surface area contributed by atoms with Gasteiger partial charge in [-0.1, -0.05) is 170 Å². The third-order valence-corrected chi connectivity index (χ3v) is 12.9. The molecule has 12 rings (SSSR count). The normalized spacial score (nSPS) is 13.1. The number of nitrogens with zero attached hydrogens (tertiary/aromatic N) is 3. The van der Waals surface area contributed by atoms with Crippen molar-refractivity contribution in [2.75, 3.05) is 0 Å². The molecule has 0 radical (unpaired) electrons. The summed E-state index contributed by atoms with van der Waals surface area (Å²) in [5.74, 6) is 1.96. The molecule has 0 atom stereocenters. The lowest BCUT2D eigenvalue weighted by Crippen LogP contribution is -2.25. The average Bonchev–Trinajstić information content (AvgIpc) is 3.90. The Labute approximate surface area is 328 Å². The molecule has 0 fully saturated rings. The zero-order chi connectivity index (χ0) is 36.8. The second-order valence-electron chi connectivity index (χ2n) is 14.7. The molecule has 10 aromatic rings. The molecule has 260 valence electrons. The van der Waals surface area contributed by atoms with Crippen LogP contribution in [0.2, 0.25) is 0 Å². The molecular formula is C52H31N3S. The van der Waals surface area contributed by atoms with Gasteiger partial charge in [0.05, 0.1) is 5.41 Å². The summed E-state index contributed by atoms with van der Waals surface area (Å²) in [6.07, 6.45) is 0. The van der Waals surface area contributed by atoms with E-state index >= 15 is 0 Å². The van der Waals surface area contributed by atoms with Crippen LogP contribution >= 0.6 is 11.3 Å². The first-order valence-corrected chi connectivity index (χ1v) is 19.8. The van der Waals surface area contributed by atoms with Gasteiger partial charge in [0.1, 0.15) is 0 Å². The Hall–Kier alpha value is -7.01. The molecule has 2 aliphatic rings. The molecule has 0 aliphatic heterocycles. The van der Waals surface area contributed by atoms with E-state index in [-0.39, 0.29) is 0 Å². The van der Waals surface area contributed by atoms with Gasteiger partial charge < -0.3 is 0 Å². The van der Waals surface area contributed by atoms with Gasteiger partial charge in [0.2, 0.25) is 0 Å². The molecule has 0 amide bonds. The van der Waals surface area contributed by atoms with Crippen molar-refractivity contribution < 1.29 is 0 Å². The van der Waals surface area contributed by atoms with Crippen LogP contribution in [0.3, 0.4) is 0 Å². The molecule has 8 aromatic carbocycles. The smallest absolute Gasteiger partial charge is 0.164 e. The van der Waals surface area contributed by atoms with Crippen LogP contribution in [0.5, 0.6) is 0 Å². The maximum Gasteiger partial charge on any atom is 0.164 e. The Balaban J connectivity index is 1.04. The first-order valence-electron chi connectivity index (χ1n) is 19.0. The summed E-state index contributed by atoms with van der Waals surface area (Å²) in [5.41, 5.74) is 15.0. The first kappa shape index (κ1) is 31.4. The predicted octanol–water partition coefficient (Wildman–Crippen LogP) is 13.3. The van der Waals surface area contributed by atoms with Crippen molar-refractivity contribution >= 4 is 31.5 Å². The minimum absolute atomic E-state index is 0.443. The number of hydrogen-bond donors (Lipinski definition) is 0. The van der Waals surface area contributed by atoms with Crippen LogP contribution in [0, 0.1) is 0 Å². The van der Waals surface area contributed by atoms with Crippen LogP contribution in [0.4, 0.5) is 0 Å². The lowest BCUT2D eigenvalue weighted by atomic mass is 9.70. The highest BCUT2D eigenvalue weighted by Gasteiger charge is 2.52. The molecule has 0 unspecified atom stereocenters. The maximum atomic E-state index is 5.30. The SMILES string of the molecule is c1ccc(-c2nc(-c3ccc(-c4ccc5sc6ccccc6c5c4)cc3)nc(-c3cccc4c3-c3ccccc3C43c4ccccc4-c4ccccc43)n2)cc1. The number of benzene rings is 8. The highest BCUT2D eigenvalue weighted by molar-refractivity contribution is 7.25. The van der Waals surface area contributed by atoms with Crippen molar-refractivity contribution in [3.05, 3.63) is 210 Å². The van der Waals surface area contributed by atoms with Gasteiger partial charge in [-0.15, -0.1) is 11.3 Å². The predicted molar refractivity (Wildman–Crippen MR) is 231 cm³/mol. The largest absolute Gasteiger partial charge is 0.208 e. The van der Waals surface area contributed by atoms with Crippen LogP contribution in [0.25, 0.3) is 87.7 Å².